The van der Waals surface area contributed by atoms with Crippen molar-refractivity contribution < 1.29 is 21.8 Å². The van der Waals surface area contributed by atoms with Gasteiger partial charge in [-0.15, -0.1) is 15.2 Å². The van der Waals surface area contributed by atoms with Crippen LogP contribution in [0.5, 0.6) is 0 Å². The van der Waals surface area contributed by atoms with Gasteiger partial charge >= 0.3 is 16.2 Å². The summed E-state index contributed by atoms with van der Waals surface area (Å²) in [4.78, 5) is 14.4. The molecule has 0 unspecified atom stereocenters. The molecule has 18 heavy (non-hydrogen) atoms. The molecular formula is C10H8FNO4S2. The minimum atomic E-state index is -5.01. The Bertz CT molecular complexity index is 708. The van der Waals surface area contributed by atoms with E-state index in [1.807, 2.05) is 0 Å². The van der Waals surface area contributed by atoms with Crippen LogP contribution in [0.15, 0.2) is 23.4 Å². The zero-order valence-electron chi connectivity index (χ0n) is 9.21. The monoisotopic (exact) mass is 289 g/mol. The molecule has 0 saturated heterocycles. The van der Waals surface area contributed by atoms with Gasteiger partial charge in [-0.25, -0.2) is 4.79 Å². The highest BCUT2D eigenvalue weighted by molar-refractivity contribution is 7.87. The highest BCUT2D eigenvalue weighted by atomic mass is 32.3. The van der Waals surface area contributed by atoms with Gasteiger partial charge in [-0.3, -0.25) is 4.98 Å². The molecule has 0 saturated carbocycles. The average Bonchev–Trinajstić information content (AvgIpc) is 2.68. The lowest BCUT2D eigenvalue weighted by Crippen LogP contribution is -2.06. The van der Waals surface area contributed by atoms with E-state index in [2.05, 4.69) is 4.98 Å². The molecule has 0 aliphatic rings. The van der Waals surface area contributed by atoms with Crippen LogP contribution in [0, 0.1) is 0 Å². The number of esters is 1. The van der Waals surface area contributed by atoms with Gasteiger partial charge in [0.25, 0.3) is 0 Å². The van der Waals surface area contributed by atoms with Gasteiger partial charge in [0.05, 0.1) is 6.61 Å². The van der Waals surface area contributed by atoms with Crippen molar-refractivity contribution in [1.29, 1.82) is 0 Å². The number of hydrogen-bond donors (Lipinski definition) is 0. The molecule has 2 aromatic heterocycles. The smallest absolute Gasteiger partial charge is 0.349 e. The van der Waals surface area contributed by atoms with Crippen LogP contribution in [0.3, 0.4) is 0 Å². The Balaban J connectivity index is 2.77. The molecule has 5 nitrogen and oxygen atoms in total. The predicted octanol–water partition coefficient (Wildman–Crippen LogP) is 2.13. The van der Waals surface area contributed by atoms with Crippen LogP contribution in [0.25, 0.3) is 10.1 Å². The van der Waals surface area contributed by atoms with E-state index >= 15 is 0 Å². The van der Waals surface area contributed by atoms with E-state index in [0.717, 1.165) is 11.3 Å². The van der Waals surface area contributed by atoms with Crippen molar-refractivity contribution in [2.45, 2.75) is 11.8 Å². The summed E-state index contributed by atoms with van der Waals surface area (Å²) in [7, 11) is -5.01. The number of hydrogen-bond acceptors (Lipinski definition) is 6. The topological polar surface area (TPSA) is 73.3 Å². The van der Waals surface area contributed by atoms with Crippen LogP contribution < -0.4 is 0 Å². The van der Waals surface area contributed by atoms with Gasteiger partial charge in [-0.05, 0) is 13.0 Å². The van der Waals surface area contributed by atoms with Crippen molar-refractivity contribution in [2.75, 3.05) is 6.61 Å². The number of carbonyl (C=O) groups excluding carboxylic acids is 1. The molecule has 0 spiro atoms. The van der Waals surface area contributed by atoms with Crippen LogP contribution in [0.1, 0.15) is 16.6 Å². The maximum Gasteiger partial charge on any atom is 0.349 e. The van der Waals surface area contributed by atoms with Crippen LogP contribution >= 0.6 is 11.3 Å². The van der Waals surface area contributed by atoms with Gasteiger partial charge < -0.3 is 4.74 Å². The number of nitrogens with zero attached hydrogens (tertiary/aromatic N) is 1. The maximum atomic E-state index is 13.3. The number of thiophene rings is 1. The molecule has 0 radical (unpaired) electrons. The van der Waals surface area contributed by atoms with Gasteiger partial charge in [-0.2, -0.15) is 8.42 Å². The maximum absolute atomic E-state index is 13.3. The zero-order valence-corrected chi connectivity index (χ0v) is 10.8. The second-order valence-electron chi connectivity index (χ2n) is 3.29. The second kappa shape index (κ2) is 4.62. The molecule has 96 valence electrons. The Morgan fingerprint density at radius 3 is 2.89 bits per heavy atom. The van der Waals surface area contributed by atoms with Crippen LogP contribution in [0.4, 0.5) is 3.89 Å². The Morgan fingerprint density at radius 1 is 1.56 bits per heavy atom. The van der Waals surface area contributed by atoms with Gasteiger partial charge in [0.2, 0.25) is 0 Å². The van der Waals surface area contributed by atoms with Gasteiger partial charge in [-0.1, -0.05) is 0 Å². The second-order valence-corrected chi connectivity index (χ2v) is 5.63. The minimum absolute atomic E-state index is 0.0805. The quantitative estimate of drug-likeness (QED) is 0.639. The summed E-state index contributed by atoms with van der Waals surface area (Å²) in [6.45, 7) is 1.66. The largest absolute Gasteiger partial charge is 0.462 e. The van der Waals surface area contributed by atoms with E-state index in [9.17, 15) is 17.1 Å². The Kier molecular flexibility index (Phi) is 3.31. The summed E-state index contributed by atoms with van der Waals surface area (Å²) in [5.74, 6) is -0.852. The molecule has 0 bridgehead atoms. The van der Waals surface area contributed by atoms with Gasteiger partial charge in [0.1, 0.15) is 9.77 Å². The van der Waals surface area contributed by atoms with Crippen LogP contribution in [-0.2, 0) is 15.0 Å². The lowest BCUT2D eigenvalue weighted by atomic mass is 10.3. The number of ether oxygens (including phenoxy) is 1. The highest BCUT2D eigenvalue weighted by Crippen LogP contribution is 2.35. The number of pyridine rings is 1. The lowest BCUT2D eigenvalue weighted by Gasteiger charge is -2.00. The number of rotatable bonds is 3. The minimum Gasteiger partial charge on any atom is -0.462 e. The van der Waals surface area contributed by atoms with Crippen molar-refractivity contribution in [1.82, 2.24) is 4.98 Å². The Labute approximate surface area is 106 Å². The Morgan fingerprint density at radius 2 is 2.28 bits per heavy atom. The van der Waals surface area contributed by atoms with Crippen molar-refractivity contribution in [3.8, 4) is 0 Å². The molecule has 0 aliphatic carbocycles. The van der Waals surface area contributed by atoms with E-state index < -0.39 is 21.1 Å². The molecular weight excluding hydrogens is 281 g/mol. The normalized spacial score (nSPS) is 11.7. The van der Waals surface area contributed by atoms with Crippen molar-refractivity contribution in [2.24, 2.45) is 0 Å². The highest BCUT2D eigenvalue weighted by Gasteiger charge is 2.29. The average molecular weight is 289 g/mol. The van der Waals surface area contributed by atoms with E-state index in [0.29, 0.717) is 4.70 Å². The predicted molar refractivity (Wildman–Crippen MR) is 63.9 cm³/mol. The van der Waals surface area contributed by atoms with Crippen LogP contribution in [-0.4, -0.2) is 26.0 Å². The Hall–Kier alpha value is -1.54. The fourth-order valence-corrected chi connectivity index (χ4v) is 3.67. The van der Waals surface area contributed by atoms with Crippen molar-refractivity contribution in [3.05, 3.63) is 23.3 Å². The fourth-order valence-electron chi connectivity index (χ4n) is 1.49. The first-order valence-corrected chi connectivity index (χ1v) is 7.13. The standard InChI is InChI=1S/C10H8FNO4S2/c1-2-16-10(13)8-9(18(11,14)15)6-5-12-4-3-7(6)17-8/h3-5H,2H2,1H3. The molecule has 0 amide bonds. The molecule has 0 fully saturated rings. The van der Waals surface area contributed by atoms with Gasteiger partial charge in [0, 0.05) is 22.5 Å². The molecule has 0 atom stereocenters. The van der Waals surface area contributed by atoms with E-state index in [1.54, 1.807) is 6.92 Å². The van der Waals surface area contributed by atoms with Crippen molar-refractivity contribution >= 4 is 37.6 Å². The summed E-state index contributed by atoms with van der Waals surface area (Å²) in [5.41, 5.74) is 0. The molecule has 2 heterocycles. The lowest BCUT2D eigenvalue weighted by molar-refractivity contribution is 0.0528. The molecule has 8 heteroatoms. The summed E-state index contributed by atoms with van der Waals surface area (Å²) < 4.78 is 40.7. The first-order valence-electron chi connectivity index (χ1n) is 4.93. The first kappa shape index (κ1) is 12.9. The molecule has 2 aromatic rings. The molecule has 0 aliphatic heterocycles. The van der Waals surface area contributed by atoms with E-state index in [4.69, 9.17) is 4.74 Å². The molecule has 0 N–H and O–H groups in total. The number of aromatic nitrogens is 1. The third kappa shape index (κ3) is 2.21. The third-order valence-electron chi connectivity index (χ3n) is 2.15. The summed E-state index contributed by atoms with van der Waals surface area (Å²) in [5, 5.41) is 0.0908. The van der Waals surface area contributed by atoms with E-state index in [-0.39, 0.29) is 16.9 Å². The number of fused-ring (bicyclic) bond motifs is 1. The number of halogens is 1. The molecule has 2 rings (SSSR count). The zero-order chi connectivity index (χ0) is 13.3. The fraction of sp³-hybridized carbons (Fsp3) is 0.200. The first-order chi connectivity index (χ1) is 8.45. The SMILES string of the molecule is CCOC(=O)c1sc2ccncc2c1S(=O)(=O)F. The summed E-state index contributed by atoms with van der Waals surface area (Å²) in [6.07, 6.45) is 2.64. The molecule has 0 aromatic carbocycles. The summed E-state index contributed by atoms with van der Waals surface area (Å²) in [6, 6.07) is 1.51. The van der Waals surface area contributed by atoms with Crippen LogP contribution in [0.2, 0.25) is 0 Å². The van der Waals surface area contributed by atoms with Crippen molar-refractivity contribution in [3.63, 3.8) is 0 Å². The number of carbonyl (C=O) groups is 1. The van der Waals surface area contributed by atoms with E-state index in [1.165, 1.54) is 18.5 Å². The third-order valence-corrected chi connectivity index (χ3v) is 4.34. The summed E-state index contributed by atoms with van der Waals surface area (Å²) >= 11 is 0.865. The van der Waals surface area contributed by atoms with Gasteiger partial charge in [0.15, 0.2) is 0 Å².